The Morgan fingerprint density at radius 3 is 3.00 bits per heavy atom. The molecule has 1 aromatic heterocycles. The number of hydrogen-bond acceptors (Lipinski definition) is 3. The van der Waals surface area contributed by atoms with E-state index in [0.717, 1.165) is 12.4 Å². The van der Waals surface area contributed by atoms with E-state index < -0.39 is 0 Å². The van der Waals surface area contributed by atoms with Gasteiger partial charge in [0, 0.05) is 32.5 Å². The van der Waals surface area contributed by atoms with Crippen LogP contribution in [0.4, 0.5) is 0 Å². The quantitative estimate of drug-likeness (QED) is 0.591. The second-order valence-electron chi connectivity index (χ2n) is 3.23. The summed E-state index contributed by atoms with van der Waals surface area (Å²) in [5.41, 5.74) is 0. The summed E-state index contributed by atoms with van der Waals surface area (Å²) < 4.78 is 1.96. The minimum Gasteiger partial charge on any atom is -0.391 e. The van der Waals surface area contributed by atoms with Crippen LogP contribution >= 0.6 is 0 Å². The largest absolute Gasteiger partial charge is 0.391 e. The molecular formula is C8H13N3O. The lowest BCUT2D eigenvalue weighted by molar-refractivity contribution is 0.173. The van der Waals surface area contributed by atoms with Crippen LogP contribution in [0.2, 0.25) is 0 Å². The van der Waals surface area contributed by atoms with E-state index in [0.29, 0.717) is 6.54 Å². The lowest BCUT2D eigenvalue weighted by atomic mass is 10.1. The number of nitrogens with one attached hydrogen (secondary N) is 1. The van der Waals surface area contributed by atoms with Gasteiger partial charge in [0.15, 0.2) is 0 Å². The highest BCUT2D eigenvalue weighted by Crippen LogP contribution is 2.20. The zero-order valence-corrected chi connectivity index (χ0v) is 7.07. The highest BCUT2D eigenvalue weighted by Gasteiger charge is 2.28. The van der Waals surface area contributed by atoms with Gasteiger partial charge in [-0.2, -0.15) is 0 Å². The molecular weight excluding hydrogens is 154 g/mol. The molecule has 66 valence electrons. The molecule has 4 nitrogen and oxygen atoms in total. The van der Waals surface area contributed by atoms with Gasteiger partial charge in [-0.15, -0.1) is 0 Å². The minimum absolute atomic E-state index is 0.157. The summed E-state index contributed by atoms with van der Waals surface area (Å²) in [6.45, 7) is 1.50. The smallest absolute Gasteiger partial charge is 0.115 e. The van der Waals surface area contributed by atoms with Gasteiger partial charge in [0.05, 0.1) is 12.0 Å². The van der Waals surface area contributed by atoms with E-state index in [2.05, 4.69) is 10.3 Å². The molecule has 1 fully saturated rings. The average molecular weight is 167 g/mol. The lowest BCUT2D eigenvalue weighted by Crippen LogP contribution is -2.19. The van der Waals surface area contributed by atoms with Crippen molar-refractivity contribution in [3.05, 3.63) is 18.2 Å². The van der Waals surface area contributed by atoms with E-state index in [9.17, 15) is 5.11 Å². The van der Waals surface area contributed by atoms with Crippen LogP contribution in [0.1, 0.15) is 11.7 Å². The average Bonchev–Trinajstić information content (AvgIpc) is 2.59. The van der Waals surface area contributed by atoms with Crippen LogP contribution in [0, 0.1) is 0 Å². The predicted octanol–water partition coefficient (Wildman–Crippen LogP) is -0.532. The van der Waals surface area contributed by atoms with Crippen molar-refractivity contribution in [1.29, 1.82) is 0 Å². The van der Waals surface area contributed by atoms with Gasteiger partial charge in [-0.25, -0.2) is 4.98 Å². The first-order chi connectivity index (χ1) is 5.79. The Balaban J connectivity index is 2.24. The van der Waals surface area contributed by atoms with E-state index in [1.54, 1.807) is 6.20 Å². The first-order valence-electron chi connectivity index (χ1n) is 4.15. The van der Waals surface area contributed by atoms with E-state index in [1.165, 1.54) is 0 Å². The number of β-amino-alcohol motifs (C(OH)–C–C–N with tert-alkyl or cyclic N) is 1. The Morgan fingerprint density at radius 2 is 2.50 bits per heavy atom. The third-order valence-corrected chi connectivity index (χ3v) is 2.37. The van der Waals surface area contributed by atoms with Crippen molar-refractivity contribution >= 4 is 0 Å². The van der Waals surface area contributed by atoms with Gasteiger partial charge in [0.25, 0.3) is 0 Å². The standard InChI is InChI=1S/C8H13N3O/c1-11-3-2-10-8(11)6-4-9-5-7(6)12/h2-3,6-7,9,12H,4-5H2,1H3. The van der Waals surface area contributed by atoms with Crippen LogP contribution in [0.3, 0.4) is 0 Å². The number of nitrogens with zero attached hydrogens (tertiary/aromatic N) is 2. The highest BCUT2D eigenvalue weighted by molar-refractivity contribution is 5.06. The van der Waals surface area contributed by atoms with Gasteiger partial charge < -0.3 is 15.0 Å². The van der Waals surface area contributed by atoms with Gasteiger partial charge in [-0.1, -0.05) is 0 Å². The summed E-state index contributed by atoms with van der Waals surface area (Å²) in [5, 5.41) is 12.7. The fourth-order valence-corrected chi connectivity index (χ4v) is 1.66. The molecule has 0 aromatic carbocycles. The Bertz CT molecular complexity index is 271. The summed E-state index contributed by atoms with van der Waals surface area (Å²) >= 11 is 0. The first-order valence-corrected chi connectivity index (χ1v) is 4.15. The Labute approximate surface area is 71.2 Å². The molecule has 2 rings (SSSR count). The summed E-state index contributed by atoms with van der Waals surface area (Å²) in [4.78, 5) is 4.21. The van der Waals surface area contributed by atoms with Crippen LogP contribution < -0.4 is 5.32 Å². The number of aliphatic hydroxyl groups is 1. The van der Waals surface area contributed by atoms with Crippen LogP contribution in [0.15, 0.2) is 12.4 Å². The fraction of sp³-hybridized carbons (Fsp3) is 0.625. The molecule has 0 spiro atoms. The maximum absolute atomic E-state index is 9.57. The van der Waals surface area contributed by atoms with Gasteiger partial charge in [0.1, 0.15) is 5.82 Å². The Kier molecular flexibility index (Phi) is 1.86. The molecule has 4 heteroatoms. The van der Waals surface area contributed by atoms with Gasteiger partial charge in [-0.05, 0) is 0 Å². The number of aliphatic hydroxyl groups excluding tert-OH is 1. The van der Waals surface area contributed by atoms with Crippen molar-refractivity contribution in [3.63, 3.8) is 0 Å². The lowest BCUT2D eigenvalue weighted by Gasteiger charge is -2.12. The van der Waals surface area contributed by atoms with Crippen molar-refractivity contribution in [2.75, 3.05) is 13.1 Å². The maximum atomic E-state index is 9.57. The predicted molar refractivity (Wildman–Crippen MR) is 44.8 cm³/mol. The van der Waals surface area contributed by atoms with E-state index in [4.69, 9.17) is 0 Å². The molecule has 0 bridgehead atoms. The number of aromatic nitrogens is 2. The maximum Gasteiger partial charge on any atom is 0.115 e. The van der Waals surface area contributed by atoms with Crippen molar-refractivity contribution in [3.8, 4) is 0 Å². The molecule has 2 unspecified atom stereocenters. The summed E-state index contributed by atoms with van der Waals surface area (Å²) in [5.74, 6) is 1.12. The monoisotopic (exact) mass is 167 g/mol. The van der Waals surface area contributed by atoms with Gasteiger partial charge in [-0.3, -0.25) is 0 Å². The molecule has 1 aromatic rings. The van der Waals surface area contributed by atoms with Gasteiger partial charge >= 0.3 is 0 Å². The third kappa shape index (κ3) is 1.13. The first kappa shape index (κ1) is 7.76. The topological polar surface area (TPSA) is 50.1 Å². The zero-order valence-electron chi connectivity index (χ0n) is 7.07. The minimum atomic E-state index is -0.286. The molecule has 0 saturated carbocycles. The fourth-order valence-electron chi connectivity index (χ4n) is 1.66. The Morgan fingerprint density at radius 1 is 1.67 bits per heavy atom. The molecule has 1 aliphatic rings. The van der Waals surface area contributed by atoms with E-state index >= 15 is 0 Å². The molecule has 0 amide bonds. The van der Waals surface area contributed by atoms with Crippen molar-refractivity contribution < 1.29 is 5.11 Å². The molecule has 12 heavy (non-hydrogen) atoms. The molecule has 2 heterocycles. The van der Waals surface area contributed by atoms with E-state index in [1.807, 2.05) is 17.8 Å². The summed E-state index contributed by atoms with van der Waals surface area (Å²) in [6.07, 6.45) is 3.38. The number of imidazole rings is 1. The molecule has 2 N–H and O–H groups in total. The third-order valence-electron chi connectivity index (χ3n) is 2.37. The van der Waals surface area contributed by atoms with Crippen molar-refractivity contribution in [1.82, 2.24) is 14.9 Å². The normalized spacial score (nSPS) is 29.5. The van der Waals surface area contributed by atoms with Crippen LogP contribution in [-0.4, -0.2) is 33.9 Å². The molecule has 1 saturated heterocycles. The van der Waals surface area contributed by atoms with Crippen LogP contribution in [0.25, 0.3) is 0 Å². The molecule has 0 aliphatic carbocycles. The summed E-state index contributed by atoms with van der Waals surface area (Å²) in [6, 6.07) is 0. The SMILES string of the molecule is Cn1ccnc1C1CNCC1O. The van der Waals surface area contributed by atoms with Crippen molar-refractivity contribution in [2.45, 2.75) is 12.0 Å². The second-order valence-corrected chi connectivity index (χ2v) is 3.23. The molecule has 0 radical (unpaired) electrons. The highest BCUT2D eigenvalue weighted by atomic mass is 16.3. The number of aryl methyl sites for hydroxylation is 1. The Hall–Kier alpha value is -0.870. The molecule has 1 aliphatic heterocycles. The number of hydrogen-bond donors (Lipinski definition) is 2. The second kappa shape index (κ2) is 2.88. The summed E-state index contributed by atoms with van der Waals surface area (Å²) in [7, 11) is 1.95. The van der Waals surface area contributed by atoms with E-state index in [-0.39, 0.29) is 12.0 Å². The van der Waals surface area contributed by atoms with Gasteiger partial charge in [0.2, 0.25) is 0 Å². The van der Waals surface area contributed by atoms with Crippen molar-refractivity contribution in [2.24, 2.45) is 7.05 Å². The van der Waals surface area contributed by atoms with Crippen LogP contribution in [-0.2, 0) is 7.05 Å². The molecule has 2 atom stereocenters. The van der Waals surface area contributed by atoms with Crippen LogP contribution in [0.5, 0.6) is 0 Å². The zero-order chi connectivity index (χ0) is 8.55. The number of rotatable bonds is 1.